The van der Waals surface area contributed by atoms with E-state index in [2.05, 4.69) is 23.4 Å². The quantitative estimate of drug-likeness (QED) is 0.497. The zero-order valence-corrected chi connectivity index (χ0v) is 14.4. The number of nitrogens with zero attached hydrogens (tertiary/aromatic N) is 2. The third-order valence-corrected chi connectivity index (χ3v) is 4.27. The van der Waals surface area contributed by atoms with Crippen LogP contribution in [-0.2, 0) is 0 Å². The van der Waals surface area contributed by atoms with Crippen molar-refractivity contribution in [3.63, 3.8) is 0 Å². The van der Waals surface area contributed by atoms with Crippen LogP contribution < -0.4 is 10.1 Å². The summed E-state index contributed by atoms with van der Waals surface area (Å²) in [6.45, 7) is 5.92. The minimum atomic E-state index is 0.313. The summed E-state index contributed by atoms with van der Waals surface area (Å²) in [6.07, 6.45) is 4.52. The normalized spacial score (nSPS) is 16.6. The lowest BCUT2D eigenvalue weighted by Crippen LogP contribution is -2.47. The first-order valence-electron chi connectivity index (χ1n) is 8.07. The molecule has 4 nitrogen and oxygen atoms in total. The molecule has 0 bridgehead atoms. The Kier molecular flexibility index (Phi) is 7.43. The van der Waals surface area contributed by atoms with E-state index in [4.69, 9.17) is 9.73 Å². The second-order valence-corrected chi connectivity index (χ2v) is 6.33. The van der Waals surface area contributed by atoms with Crippen molar-refractivity contribution in [3.05, 3.63) is 30.3 Å². The molecule has 0 atom stereocenters. The molecule has 1 aromatic rings. The molecule has 5 heteroatoms. The SMILES string of the molecule is CCNC(=NCCSC)N1CCC(Oc2ccccc2)CC1. The van der Waals surface area contributed by atoms with Gasteiger partial charge in [0.25, 0.3) is 0 Å². The van der Waals surface area contributed by atoms with E-state index in [1.165, 1.54) is 0 Å². The van der Waals surface area contributed by atoms with Gasteiger partial charge in [0.1, 0.15) is 11.9 Å². The van der Waals surface area contributed by atoms with Crippen LogP contribution in [-0.4, -0.2) is 55.2 Å². The highest BCUT2D eigenvalue weighted by molar-refractivity contribution is 7.98. The van der Waals surface area contributed by atoms with Gasteiger partial charge in [0.15, 0.2) is 5.96 Å². The molecule has 1 aliphatic heterocycles. The van der Waals surface area contributed by atoms with E-state index in [1.807, 2.05) is 42.1 Å². The van der Waals surface area contributed by atoms with Crippen molar-refractivity contribution in [1.82, 2.24) is 10.2 Å². The number of aliphatic imine (C=N–C) groups is 1. The minimum Gasteiger partial charge on any atom is -0.490 e. The van der Waals surface area contributed by atoms with Crippen molar-refractivity contribution in [2.45, 2.75) is 25.9 Å². The number of thioether (sulfide) groups is 1. The fourth-order valence-electron chi connectivity index (χ4n) is 2.55. The van der Waals surface area contributed by atoms with Gasteiger partial charge in [0, 0.05) is 38.2 Å². The Morgan fingerprint density at radius 1 is 1.32 bits per heavy atom. The van der Waals surface area contributed by atoms with E-state index in [1.54, 1.807) is 0 Å². The molecule has 0 radical (unpaired) electrons. The van der Waals surface area contributed by atoms with Gasteiger partial charge in [-0.2, -0.15) is 11.8 Å². The van der Waals surface area contributed by atoms with Gasteiger partial charge in [-0.3, -0.25) is 4.99 Å². The Morgan fingerprint density at radius 2 is 2.05 bits per heavy atom. The predicted molar refractivity (Wildman–Crippen MR) is 96.0 cm³/mol. The van der Waals surface area contributed by atoms with Gasteiger partial charge in [0.05, 0.1) is 6.54 Å². The first-order chi connectivity index (χ1) is 10.8. The molecule has 1 fully saturated rings. The largest absolute Gasteiger partial charge is 0.490 e. The van der Waals surface area contributed by atoms with Crippen molar-refractivity contribution in [3.8, 4) is 5.75 Å². The summed E-state index contributed by atoms with van der Waals surface area (Å²) >= 11 is 1.84. The van der Waals surface area contributed by atoms with Gasteiger partial charge in [0.2, 0.25) is 0 Å². The number of nitrogens with one attached hydrogen (secondary N) is 1. The number of guanidine groups is 1. The molecule has 0 aromatic heterocycles. The van der Waals surface area contributed by atoms with Crippen LogP contribution in [0.15, 0.2) is 35.3 Å². The summed E-state index contributed by atoms with van der Waals surface area (Å²) in [6, 6.07) is 10.1. The lowest BCUT2D eigenvalue weighted by atomic mass is 10.1. The molecule has 0 unspecified atom stereocenters. The average molecular weight is 321 g/mol. The number of para-hydroxylation sites is 1. The van der Waals surface area contributed by atoms with E-state index in [9.17, 15) is 0 Å². The smallest absolute Gasteiger partial charge is 0.193 e. The van der Waals surface area contributed by atoms with Crippen molar-refractivity contribution in [2.75, 3.05) is 38.2 Å². The minimum absolute atomic E-state index is 0.313. The third-order valence-electron chi connectivity index (χ3n) is 3.68. The number of rotatable bonds is 6. The van der Waals surface area contributed by atoms with Crippen LogP contribution in [0.5, 0.6) is 5.75 Å². The number of hydrogen-bond acceptors (Lipinski definition) is 3. The Bertz CT molecular complexity index is 444. The number of ether oxygens (including phenoxy) is 1. The van der Waals surface area contributed by atoms with Gasteiger partial charge in [-0.25, -0.2) is 0 Å². The summed E-state index contributed by atoms with van der Waals surface area (Å²) < 4.78 is 6.05. The van der Waals surface area contributed by atoms with Gasteiger partial charge in [-0.05, 0) is 25.3 Å². The molecule has 0 amide bonds. The molecule has 0 aliphatic carbocycles. The van der Waals surface area contributed by atoms with E-state index in [-0.39, 0.29) is 0 Å². The Labute approximate surface area is 138 Å². The topological polar surface area (TPSA) is 36.9 Å². The van der Waals surface area contributed by atoms with Gasteiger partial charge in [-0.15, -0.1) is 0 Å². The summed E-state index contributed by atoms with van der Waals surface area (Å²) in [7, 11) is 0. The van der Waals surface area contributed by atoms with E-state index in [0.29, 0.717) is 6.10 Å². The summed E-state index contributed by atoms with van der Waals surface area (Å²) in [5, 5.41) is 3.40. The van der Waals surface area contributed by atoms with Gasteiger partial charge >= 0.3 is 0 Å². The standard InChI is InChI=1S/C17H27N3OS/c1-3-18-17(19-11-14-22-2)20-12-9-16(10-13-20)21-15-7-5-4-6-8-15/h4-8,16H,3,9-14H2,1-2H3,(H,18,19). The van der Waals surface area contributed by atoms with Crippen LogP contribution in [0.1, 0.15) is 19.8 Å². The summed E-state index contributed by atoms with van der Waals surface area (Å²) in [4.78, 5) is 7.06. The monoisotopic (exact) mass is 321 g/mol. The summed E-state index contributed by atoms with van der Waals surface area (Å²) in [5.41, 5.74) is 0. The Balaban J connectivity index is 1.82. The lowest BCUT2D eigenvalue weighted by Gasteiger charge is -2.34. The summed E-state index contributed by atoms with van der Waals surface area (Å²) in [5.74, 6) is 3.10. The average Bonchev–Trinajstić information content (AvgIpc) is 2.56. The first kappa shape index (κ1) is 17.0. The van der Waals surface area contributed by atoms with Crippen LogP contribution in [0.25, 0.3) is 0 Å². The van der Waals surface area contributed by atoms with Crippen LogP contribution >= 0.6 is 11.8 Å². The predicted octanol–water partition coefficient (Wildman–Crippen LogP) is 2.86. The number of piperidine rings is 1. The number of likely N-dealkylation sites (tertiary alicyclic amines) is 1. The third kappa shape index (κ3) is 5.44. The van der Waals surface area contributed by atoms with Crippen molar-refractivity contribution < 1.29 is 4.74 Å². The van der Waals surface area contributed by atoms with Crippen LogP contribution in [0.2, 0.25) is 0 Å². The van der Waals surface area contributed by atoms with Gasteiger partial charge < -0.3 is 15.0 Å². The van der Waals surface area contributed by atoms with E-state index < -0.39 is 0 Å². The second kappa shape index (κ2) is 9.62. The Hall–Kier alpha value is -1.36. The van der Waals surface area contributed by atoms with Crippen LogP contribution in [0.3, 0.4) is 0 Å². The highest BCUT2D eigenvalue weighted by Gasteiger charge is 2.22. The fourth-order valence-corrected chi connectivity index (χ4v) is 2.82. The number of hydrogen-bond donors (Lipinski definition) is 1. The lowest BCUT2D eigenvalue weighted by molar-refractivity contribution is 0.129. The molecular formula is C17H27N3OS. The molecule has 1 heterocycles. The molecule has 22 heavy (non-hydrogen) atoms. The maximum absolute atomic E-state index is 6.05. The van der Waals surface area contributed by atoms with Crippen molar-refractivity contribution >= 4 is 17.7 Å². The maximum atomic E-state index is 6.05. The van der Waals surface area contributed by atoms with E-state index >= 15 is 0 Å². The zero-order chi connectivity index (χ0) is 15.6. The molecule has 1 saturated heterocycles. The Morgan fingerprint density at radius 3 is 2.68 bits per heavy atom. The zero-order valence-electron chi connectivity index (χ0n) is 13.6. The molecule has 1 aromatic carbocycles. The molecule has 1 N–H and O–H groups in total. The molecule has 1 aliphatic rings. The van der Waals surface area contributed by atoms with Crippen LogP contribution in [0.4, 0.5) is 0 Å². The molecule has 2 rings (SSSR count). The van der Waals surface area contributed by atoms with Crippen LogP contribution in [0, 0.1) is 0 Å². The van der Waals surface area contributed by atoms with Gasteiger partial charge in [-0.1, -0.05) is 18.2 Å². The highest BCUT2D eigenvalue weighted by atomic mass is 32.2. The fraction of sp³-hybridized carbons (Fsp3) is 0.588. The molecule has 122 valence electrons. The number of benzene rings is 1. The second-order valence-electron chi connectivity index (χ2n) is 5.35. The van der Waals surface area contributed by atoms with Crippen molar-refractivity contribution in [1.29, 1.82) is 0 Å². The molecular weight excluding hydrogens is 294 g/mol. The maximum Gasteiger partial charge on any atom is 0.193 e. The molecule has 0 spiro atoms. The van der Waals surface area contributed by atoms with E-state index in [0.717, 1.165) is 56.5 Å². The molecule has 0 saturated carbocycles. The highest BCUT2D eigenvalue weighted by Crippen LogP contribution is 2.18. The first-order valence-corrected chi connectivity index (χ1v) is 9.46. The van der Waals surface area contributed by atoms with Crippen molar-refractivity contribution in [2.24, 2.45) is 4.99 Å².